The maximum atomic E-state index is 12.3. The number of piperidine rings is 1. The molecule has 0 saturated carbocycles. The topological polar surface area (TPSA) is 72.2 Å². The Morgan fingerprint density at radius 1 is 1.30 bits per heavy atom. The minimum atomic E-state index is -3.46. The van der Waals surface area contributed by atoms with E-state index in [0.29, 0.717) is 11.1 Å². The molecule has 110 valence electrons. The van der Waals surface area contributed by atoms with E-state index in [4.69, 9.17) is 4.42 Å². The molecule has 1 aromatic carbocycles. The number of oxazole rings is 1. The van der Waals surface area contributed by atoms with Gasteiger partial charge in [-0.1, -0.05) is 18.6 Å². The first-order valence-corrected chi connectivity index (χ1v) is 8.12. The Bertz CT molecular complexity index is 645. The molecule has 0 aliphatic carbocycles. The molecule has 1 aliphatic rings. The van der Waals surface area contributed by atoms with Crippen LogP contribution < -0.4 is 5.32 Å². The van der Waals surface area contributed by atoms with E-state index in [0.717, 1.165) is 25.8 Å². The van der Waals surface area contributed by atoms with Gasteiger partial charge in [0, 0.05) is 6.04 Å². The molecule has 1 atom stereocenters. The number of para-hydroxylation sites is 2. The number of halogens is 1. The first kappa shape index (κ1) is 15.3. The predicted molar refractivity (Wildman–Crippen MR) is 79.0 cm³/mol. The SMILES string of the molecule is Cl.O=S(=O)(CC1CCCCN1)c1nc2ccccc2o1. The van der Waals surface area contributed by atoms with Crippen LogP contribution in [0.2, 0.25) is 0 Å². The van der Waals surface area contributed by atoms with Crippen LogP contribution in [-0.2, 0) is 9.84 Å². The quantitative estimate of drug-likeness (QED) is 0.939. The van der Waals surface area contributed by atoms with Crippen molar-refractivity contribution < 1.29 is 12.8 Å². The van der Waals surface area contributed by atoms with Gasteiger partial charge in [-0.05, 0) is 31.5 Å². The van der Waals surface area contributed by atoms with Gasteiger partial charge in [-0.25, -0.2) is 8.42 Å². The van der Waals surface area contributed by atoms with Gasteiger partial charge in [-0.15, -0.1) is 12.4 Å². The first-order chi connectivity index (χ1) is 9.15. The molecule has 0 radical (unpaired) electrons. The minimum Gasteiger partial charge on any atom is -0.428 e. The maximum Gasteiger partial charge on any atom is 0.316 e. The van der Waals surface area contributed by atoms with E-state index in [2.05, 4.69) is 10.3 Å². The van der Waals surface area contributed by atoms with Crippen LogP contribution in [0, 0.1) is 0 Å². The van der Waals surface area contributed by atoms with Gasteiger partial charge in [-0.2, -0.15) is 4.98 Å². The highest BCUT2D eigenvalue weighted by Crippen LogP contribution is 2.20. The summed E-state index contributed by atoms with van der Waals surface area (Å²) in [6.45, 7) is 0.883. The van der Waals surface area contributed by atoms with Crippen molar-refractivity contribution in [1.82, 2.24) is 10.3 Å². The predicted octanol–water partition coefficient (Wildman–Crippen LogP) is 2.17. The summed E-state index contributed by atoms with van der Waals surface area (Å²) in [7, 11) is -3.46. The van der Waals surface area contributed by atoms with E-state index >= 15 is 0 Å². The minimum absolute atomic E-state index is 0. The molecule has 1 unspecified atom stereocenters. The molecule has 0 bridgehead atoms. The van der Waals surface area contributed by atoms with Crippen LogP contribution in [0.5, 0.6) is 0 Å². The number of fused-ring (bicyclic) bond motifs is 1. The summed E-state index contributed by atoms with van der Waals surface area (Å²) >= 11 is 0. The molecule has 1 fully saturated rings. The molecule has 2 aromatic rings. The fourth-order valence-electron chi connectivity index (χ4n) is 2.39. The Labute approximate surface area is 124 Å². The Balaban J connectivity index is 0.00000147. The van der Waals surface area contributed by atoms with Gasteiger partial charge in [-0.3, -0.25) is 0 Å². The van der Waals surface area contributed by atoms with Gasteiger partial charge >= 0.3 is 5.22 Å². The number of benzene rings is 1. The highest BCUT2D eigenvalue weighted by Gasteiger charge is 2.27. The lowest BCUT2D eigenvalue weighted by molar-refractivity contribution is 0.414. The highest BCUT2D eigenvalue weighted by molar-refractivity contribution is 7.91. The second-order valence-corrected chi connectivity index (χ2v) is 6.79. The Morgan fingerprint density at radius 2 is 2.10 bits per heavy atom. The third kappa shape index (κ3) is 3.13. The summed E-state index contributed by atoms with van der Waals surface area (Å²) in [6.07, 6.45) is 3.07. The number of nitrogens with zero attached hydrogens (tertiary/aromatic N) is 1. The maximum absolute atomic E-state index is 12.3. The van der Waals surface area contributed by atoms with E-state index in [1.54, 1.807) is 18.2 Å². The lowest BCUT2D eigenvalue weighted by atomic mass is 10.1. The third-order valence-electron chi connectivity index (χ3n) is 3.37. The van der Waals surface area contributed by atoms with Crippen molar-refractivity contribution in [3.05, 3.63) is 24.3 Å². The molecule has 7 heteroatoms. The largest absolute Gasteiger partial charge is 0.428 e. The van der Waals surface area contributed by atoms with Crippen molar-refractivity contribution in [3.63, 3.8) is 0 Å². The zero-order valence-corrected chi connectivity index (χ0v) is 12.5. The number of rotatable bonds is 3. The van der Waals surface area contributed by atoms with E-state index in [9.17, 15) is 8.42 Å². The van der Waals surface area contributed by atoms with E-state index in [1.807, 2.05) is 6.07 Å². The normalized spacial score (nSPS) is 19.7. The number of hydrogen-bond acceptors (Lipinski definition) is 5. The summed E-state index contributed by atoms with van der Waals surface area (Å²) in [5.74, 6) is 0.0554. The second-order valence-electron chi connectivity index (χ2n) is 4.88. The zero-order valence-electron chi connectivity index (χ0n) is 10.9. The average Bonchev–Trinajstić information content (AvgIpc) is 2.84. The van der Waals surface area contributed by atoms with Crippen molar-refractivity contribution in [2.24, 2.45) is 0 Å². The molecule has 1 aromatic heterocycles. The summed E-state index contributed by atoms with van der Waals surface area (Å²) in [5, 5.41) is 3.06. The second kappa shape index (κ2) is 6.11. The lowest BCUT2D eigenvalue weighted by Gasteiger charge is -2.22. The van der Waals surface area contributed by atoms with Crippen LogP contribution in [0.1, 0.15) is 19.3 Å². The molecule has 0 spiro atoms. The van der Waals surface area contributed by atoms with Gasteiger partial charge in [0.15, 0.2) is 5.58 Å². The third-order valence-corrected chi connectivity index (χ3v) is 4.92. The van der Waals surface area contributed by atoms with Crippen LogP contribution in [0.3, 0.4) is 0 Å². The van der Waals surface area contributed by atoms with Crippen molar-refractivity contribution in [2.75, 3.05) is 12.3 Å². The Hall–Kier alpha value is -1.11. The molecule has 1 saturated heterocycles. The fourth-order valence-corrected chi connectivity index (χ4v) is 3.80. The van der Waals surface area contributed by atoms with Crippen LogP contribution in [0.4, 0.5) is 0 Å². The number of sulfone groups is 1. The van der Waals surface area contributed by atoms with E-state index in [-0.39, 0.29) is 29.4 Å². The molecule has 2 heterocycles. The lowest BCUT2D eigenvalue weighted by Crippen LogP contribution is -2.39. The smallest absolute Gasteiger partial charge is 0.316 e. The van der Waals surface area contributed by atoms with Crippen LogP contribution in [0.15, 0.2) is 33.9 Å². The summed E-state index contributed by atoms with van der Waals surface area (Å²) in [6, 6.07) is 7.08. The van der Waals surface area contributed by atoms with Crippen molar-refractivity contribution >= 4 is 33.3 Å². The van der Waals surface area contributed by atoms with Gasteiger partial charge < -0.3 is 9.73 Å². The summed E-state index contributed by atoms with van der Waals surface area (Å²) in [4.78, 5) is 4.07. The Kier molecular flexibility index (Phi) is 4.67. The fraction of sp³-hybridized carbons (Fsp3) is 0.462. The van der Waals surface area contributed by atoms with Gasteiger partial charge in [0.2, 0.25) is 9.84 Å². The van der Waals surface area contributed by atoms with Crippen LogP contribution >= 0.6 is 12.4 Å². The number of nitrogens with one attached hydrogen (secondary N) is 1. The molecule has 5 nitrogen and oxygen atoms in total. The van der Waals surface area contributed by atoms with Gasteiger partial charge in [0.05, 0.1) is 5.75 Å². The van der Waals surface area contributed by atoms with Crippen LogP contribution in [-0.4, -0.2) is 31.7 Å². The average molecular weight is 317 g/mol. The van der Waals surface area contributed by atoms with Crippen molar-refractivity contribution in [2.45, 2.75) is 30.5 Å². The monoisotopic (exact) mass is 316 g/mol. The number of aromatic nitrogens is 1. The van der Waals surface area contributed by atoms with Crippen molar-refractivity contribution in [3.8, 4) is 0 Å². The molecule has 0 amide bonds. The van der Waals surface area contributed by atoms with Gasteiger partial charge in [0.25, 0.3) is 0 Å². The van der Waals surface area contributed by atoms with Gasteiger partial charge in [0.1, 0.15) is 5.52 Å². The van der Waals surface area contributed by atoms with E-state index in [1.165, 1.54) is 0 Å². The molecule has 1 N–H and O–H groups in total. The van der Waals surface area contributed by atoms with Crippen molar-refractivity contribution in [1.29, 1.82) is 0 Å². The molecule has 3 rings (SSSR count). The first-order valence-electron chi connectivity index (χ1n) is 6.47. The standard InChI is InChI=1S/C13H16N2O3S.ClH/c16-19(17,9-10-5-3-4-8-14-10)13-15-11-6-1-2-7-12(11)18-13;/h1-2,6-7,10,14H,3-5,8-9H2;1H. The summed E-state index contributed by atoms with van der Waals surface area (Å²) in [5.41, 5.74) is 1.09. The molecule has 20 heavy (non-hydrogen) atoms. The Morgan fingerprint density at radius 3 is 2.80 bits per heavy atom. The number of hydrogen-bond donors (Lipinski definition) is 1. The summed E-state index contributed by atoms with van der Waals surface area (Å²) < 4.78 is 29.9. The zero-order chi connectivity index (χ0) is 13.3. The molecular weight excluding hydrogens is 300 g/mol. The van der Waals surface area contributed by atoms with Crippen LogP contribution in [0.25, 0.3) is 11.1 Å². The molecular formula is C13H17ClN2O3S. The molecule has 1 aliphatic heterocycles. The van der Waals surface area contributed by atoms with E-state index < -0.39 is 9.84 Å². The highest BCUT2D eigenvalue weighted by atomic mass is 35.5.